The van der Waals surface area contributed by atoms with Crippen molar-refractivity contribution in [2.75, 3.05) is 5.75 Å². The Balaban J connectivity index is 1.44. The van der Waals surface area contributed by atoms with Gasteiger partial charge in [-0.25, -0.2) is 0 Å². The number of hydrogen-bond donors (Lipinski definition) is 0. The highest BCUT2D eigenvalue weighted by atomic mass is 32.2. The number of Topliss-reactive ketones (excluding diaryl/α,β-unsaturated/α-hetero) is 1. The Kier molecular flexibility index (Phi) is 7.51. The van der Waals surface area contributed by atoms with Crippen molar-refractivity contribution in [1.29, 1.82) is 0 Å². The topological polar surface area (TPSA) is 57.0 Å². The number of alkyl halides is 2. The minimum absolute atomic E-state index is 0.0110. The molecule has 0 aliphatic heterocycles. The molecule has 38 heavy (non-hydrogen) atoms. The quantitative estimate of drug-likeness (QED) is 0.149. The lowest BCUT2D eigenvalue weighted by molar-refractivity contribution is -0.0498. The first-order chi connectivity index (χ1) is 18.4. The zero-order valence-electron chi connectivity index (χ0n) is 20.9. The summed E-state index contributed by atoms with van der Waals surface area (Å²) in [5, 5.41) is 11.9. The Labute approximate surface area is 223 Å². The van der Waals surface area contributed by atoms with Gasteiger partial charge in [-0.1, -0.05) is 71.9 Å². The van der Waals surface area contributed by atoms with Crippen molar-refractivity contribution in [2.24, 2.45) is 0 Å². The number of nitrogens with zero attached hydrogens (tertiary/aromatic N) is 3. The van der Waals surface area contributed by atoms with Crippen LogP contribution < -0.4 is 4.74 Å². The van der Waals surface area contributed by atoms with Gasteiger partial charge in [0.15, 0.2) is 10.9 Å². The van der Waals surface area contributed by atoms with Crippen LogP contribution >= 0.6 is 11.8 Å². The van der Waals surface area contributed by atoms with Crippen LogP contribution in [0.1, 0.15) is 32.9 Å². The molecule has 0 spiro atoms. The predicted molar refractivity (Wildman–Crippen MR) is 146 cm³/mol. The second-order valence-corrected chi connectivity index (χ2v) is 9.90. The maximum absolute atomic E-state index is 12.9. The van der Waals surface area contributed by atoms with Crippen LogP contribution in [0, 0.1) is 13.8 Å². The fourth-order valence-corrected chi connectivity index (χ4v) is 5.32. The molecule has 8 heteroatoms. The molecule has 5 rings (SSSR count). The molecule has 0 saturated carbocycles. The second kappa shape index (κ2) is 11.1. The third-order valence-electron chi connectivity index (χ3n) is 6.26. The molecule has 0 saturated heterocycles. The van der Waals surface area contributed by atoms with Crippen LogP contribution in [0.5, 0.6) is 5.75 Å². The van der Waals surface area contributed by atoms with Crippen molar-refractivity contribution in [3.63, 3.8) is 0 Å². The van der Waals surface area contributed by atoms with Crippen LogP contribution in [-0.4, -0.2) is 32.9 Å². The van der Waals surface area contributed by atoms with Gasteiger partial charge >= 0.3 is 6.61 Å². The maximum Gasteiger partial charge on any atom is 0.387 e. The number of thioether (sulfide) groups is 1. The highest BCUT2D eigenvalue weighted by Crippen LogP contribution is 2.28. The van der Waals surface area contributed by atoms with E-state index in [0.717, 1.165) is 39.0 Å². The Bertz CT molecular complexity index is 1590. The molecule has 0 fully saturated rings. The summed E-state index contributed by atoms with van der Waals surface area (Å²) in [7, 11) is 0. The van der Waals surface area contributed by atoms with Crippen molar-refractivity contribution in [2.45, 2.75) is 32.0 Å². The average Bonchev–Trinajstić information content (AvgIpc) is 3.29. The van der Waals surface area contributed by atoms with Gasteiger partial charge in [-0.3, -0.25) is 9.36 Å². The summed E-state index contributed by atoms with van der Waals surface area (Å²) < 4.78 is 31.2. The van der Waals surface area contributed by atoms with Gasteiger partial charge in [0, 0.05) is 12.0 Å². The number of ketones is 1. The van der Waals surface area contributed by atoms with Crippen LogP contribution in [0.2, 0.25) is 0 Å². The van der Waals surface area contributed by atoms with E-state index in [9.17, 15) is 13.6 Å². The molecule has 0 N–H and O–H groups in total. The fraction of sp³-hybridized carbons (Fsp3) is 0.167. The van der Waals surface area contributed by atoms with Crippen LogP contribution in [0.15, 0.2) is 90.1 Å². The van der Waals surface area contributed by atoms with Crippen molar-refractivity contribution in [3.05, 3.63) is 113 Å². The van der Waals surface area contributed by atoms with E-state index in [1.54, 1.807) is 0 Å². The van der Waals surface area contributed by atoms with Crippen LogP contribution in [0.3, 0.4) is 0 Å². The molecule has 4 aromatic carbocycles. The van der Waals surface area contributed by atoms with E-state index >= 15 is 0 Å². The Morgan fingerprint density at radius 2 is 1.71 bits per heavy atom. The zero-order valence-corrected chi connectivity index (χ0v) is 21.7. The van der Waals surface area contributed by atoms with Gasteiger partial charge < -0.3 is 4.74 Å². The number of halogens is 2. The first-order valence-electron chi connectivity index (χ1n) is 12.1. The summed E-state index contributed by atoms with van der Waals surface area (Å²) in [5.74, 6) is 0.754. The molecule has 0 amide bonds. The number of aromatic nitrogens is 3. The van der Waals surface area contributed by atoms with Gasteiger partial charge in [0.1, 0.15) is 11.6 Å². The molecule has 5 aromatic rings. The molecule has 0 bridgehead atoms. The van der Waals surface area contributed by atoms with Gasteiger partial charge in [0.2, 0.25) is 0 Å². The first-order valence-corrected chi connectivity index (χ1v) is 13.1. The number of aryl methyl sites for hydroxylation is 2. The van der Waals surface area contributed by atoms with E-state index in [1.165, 1.54) is 36.0 Å². The van der Waals surface area contributed by atoms with Crippen molar-refractivity contribution in [3.8, 4) is 11.4 Å². The van der Waals surface area contributed by atoms with E-state index in [1.807, 2.05) is 48.7 Å². The highest BCUT2D eigenvalue weighted by Gasteiger charge is 2.19. The molecular weight excluding hydrogens is 504 g/mol. The minimum Gasteiger partial charge on any atom is -0.435 e. The molecular formula is C30H25F2N3O2S. The molecule has 1 aromatic heterocycles. The zero-order chi connectivity index (χ0) is 26.6. The van der Waals surface area contributed by atoms with Gasteiger partial charge in [-0.2, -0.15) is 8.78 Å². The number of hydrogen-bond acceptors (Lipinski definition) is 5. The van der Waals surface area contributed by atoms with Crippen LogP contribution in [0.4, 0.5) is 8.78 Å². The fourth-order valence-electron chi connectivity index (χ4n) is 4.46. The molecule has 0 unspecified atom stereocenters. The molecule has 1 heterocycles. The Hall–Kier alpha value is -4.04. The molecule has 5 nitrogen and oxygen atoms in total. The van der Waals surface area contributed by atoms with Crippen molar-refractivity contribution >= 4 is 28.3 Å². The van der Waals surface area contributed by atoms with Crippen LogP contribution in [-0.2, 0) is 6.42 Å². The summed E-state index contributed by atoms with van der Waals surface area (Å²) in [6.07, 6.45) is 0.571. The molecule has 0 atom stereocenters. The van der Waals surface area contributed by atoms with E-state index in [-0.39, 0.29) is 17.3 Å². The number of fused-ring (bicyclic) bond motifs is 1. The lowest BCUT2D eigenvalue weighted by Crippen LogP contribution is -2.08. The standard InChI is InChI=1S/C30H25F2N3O2S/c1-19-10-15-26(20(2)16-19)35-28(17-23-8-5-7-21-6-3-4-9-25(21)23)33-34-30(35)38-18-27(36)22-11-13-24(14-12-22)37-29(31)32/h3-16,29H,17-18H2,1-2H3. The third-order valence-corrected chi connectivity index (χ3v) is 7.18. The van der Waals surface area contributed by atoms with Gasteiger partial charge in [-0.15, -0.1) is 10.2 Å². The molecule has 192 valence electrons. The Morgan fingerprint density at radius 1 is 0.947 bits per heavy atom. The first kappa shape index (κ1) is 25.6. The van der Waals surface area contributed by atoms with E-state index in [0.29, 0.717) is 17.1 Å². The monoisotopic (exact) mass is 529 g/mol. The number of benzene rings is 4. The average molecular weight is 530 g/mol. The number of carbonyl (C=O) groups excluding carboxylic acids is 1. The van der Waals surface area contributed by atoms with Gasteiger partial charge in [0.25, 0.3) is 0 Å². The summed E-state index contributed by atoms with van der Waals surface area (Å²) in [6, 6.07) is 26.4. The predicted octanol–water partition coefficient (Wildman–Crippen LogP) is 7.20. The van der Waals surface area contributed by atoms with Gasteiger partial charge in [-0.05, 0) is 66.1 Å². The largest absolute Gasteiger partial charge is 0.435 e. The molecule has 0 aliphatic carbocycles. The number of rotatable bonds is 9. The summed E-state index contributed by atoms with van der Waals surface area (Å²) >= 11 is 1.30. The van der Waals surface area contributed by atoms with E-state index in [4.69, 9.17) is 0 Å². The number of ether oxygens (including phenoxy) is 1. The Morgan fingerprint density at radius 3 is 2.47 bits per heavy atom. The lowest BCUT2D eigenvalue weighted by Gasteiger charge is -2.14. The highest BCUT2D eigenvalue weighted by molar-refractivity contribution is 7.99. The van der Waals surface area contributed by atoms with Gasteiger partial charge in [0.05, 0.1) is 11.4 Å². The van der Waals surface area contributed by atoms with Crippen molar-refractivity contribution < 1.29 is 18.3 Å². The summed E-state index contributed by atoms with van der Waals surface area (Å²) in [4.78, 5) is 12.9. The van der Waals surface area contributed by atoms with Crippen molar-refractivity contribution in [1.82, 2.24) is 14.8 Å². The number of carbonyl (C=O) groups is 1. The second-order valence-electron chi connectivity index (χ2n) is 8.95. The third kappa shape index (κ3) is 5.60. The maximum atomic E-state index is 12.9. The molecule has 0 radical (unpaired) electrons. The molecule has 0 aliphatic rings. The smallest absolute Gasteiger partial charge is 0.387 e. The van der Waals surface area contributed by atoms with E-state index in [2.05, 4.69) is 45.3 Å². The summed E-state index contributed by atoms with van der Waals surface area (Å²) in [5.41, 5.74) is 4.73. The van der Waals surface area contributed by atoms with E-state index < -0.39 is 6.61 Å². The van der Waals surface area contributed by atoms with Crippen LogP contribution in [0.25, 0.3) is 16.5 Å². The normalized spacial score (nSPS) is 11.3. The SMILES string of the molecule is Cc1ccc(-n2c(Cc3cccc4ccccc34)nnc2SCC(=O)c2ccc(OC(F)F)cc2)c(C)c1. The minimum atomic E-state index is -2.91. The summed E-state index contributed by atoms with van der Waals surface area (Å²) in [6.45, 7) is 1.19. The lowest BCUT2D eigenvalue weighted by atomic mass is 10.0.